The Bertz CT molecular complexity index is 587. The summed E-state index contributed by atoms with van der Waals surface area (Å²) in [5.41, 5.74) is 7.54. The second-order valence-corrected chi connectivity index (χ2v) is 6.15. The molecule has 3 N–H and O–H groups in total. The third-order valence-corrected chi connectivity index (χ3v) is 4.81. The van der Waals surface area contributed by atoms with Gasteiger partial charge in [-0.15, -0.1) is 0 Å². The second-order valence-electron chi connectivity index (χ2n) is 5.01. The van der Waals surface area contributed by atoms with Gasteiger partial charge in [-0.1, -0.05) is 0 Å². The van der Waals surface area contributed by atoms with E-state index in [0.717, 1.165) is 27.7 Å². The Morgan fingerprint density at radius 2 is 2.21 bits per heavy atom. The van der Waals surface area contributed by atoms with Gasteiger partial charge in [-0.05, 0) is 43.7 Å². The van der Waals surface area contributed by atoms with Gasteiger partial charge >= 0.3 is 0 Å². The standard InChI is InChI=1S/C14H18N4S/c1-19-11-4-3-10(7-11)18-14-12-6-9(15)2-5-13(12)16-8-17-14/h2,5-6,8,10-11H,3-4,7,15H2,1H3,(H,16,17,18). The van der Waals surface area contributed by atoms with E-state index in [1.165, 1.54) is 19.3 Å². The van der Waals surface area contributed by atoms with Crippen molar-refractivity contribution in [3.8, 4) is 0 Å². The van der Waals surface area contributed by atoms with Crippen molar-refractivity contribution >= 4 is 34.2 Å². The molecule has 1 saturated carbocycles. The maximum atomic E-state index is 5.86. The molecule has 1 aliphatic rings. The topological polar surface area (TPSA) is 63.8 Å². The number of thioether (sulfide) groups is 1. The Kier molecular flexibility index (Phi) is 3.46. The Balaban J connectivity index is 1.86. The highest BCUT2D eigenvalue weighted by Crippen LogP contribution is 2.31. The summed E-state index contributed by atoms with van der Waals surface area (Å²) in [6, 6.07) is 6.27. The lowest BCUT2D eigenvalue weighted by Gasteiger charge is -2.15. The Labute approximate surface area is 117 Å². The fourth-order valence-corrected chi connectivity index (χ4v) is 3.46. The van der Waals surface area contributed by atoms with Crippen molar-refractivity contribution in [3.63, 3.8) is 0 Å². The summed E-state index contributed by atoms with van der Waals surface area (Å²) in [5, 5.41) is 5.34. The van der Waals surface area contributed by atoms with Crippen molar-refractivity contribution in [1.82, 2.24) is 9.97 Å². The molecule has 4 nitrogen and oxygen atoms in total. The van der Waals surface area contributed by atoms with E-state index >= 15 is 0 Å². The van der Waals surface area contributed by atoms with Gasteiger partial charge in [0.05, 0.1) is 5.52 Å². The fraction of sp³-hybridized carbons (Fsp3) is 0.429. The largest absolute Gasteiger partial charge is 0.399 e. The first kappa shape index (κ1) is 12.5. The minimum absolute atomic E-state index is 0.511. The zero-order chi connectivity index (χ0) is 13.2. The molecule has 0 radical (unpaired) electrons. The Morgan fingerprint density at radius 1 is 1.32 bits per heavy atom. The van der Waals surface area contributed by atoms with Crippen LogP contribution < -0.4 is 11.1 Å². The maximum Gasteiger partial charge on any atom is 0.137 e. The van der Waals surface area contributed by atoms with Crippen LogP contribution in [0.15, 0.2) is 24.5 Å². The molecule has 5 heteroatoms. The molecular weight excluding hydrogens is 256 g/mol. The van der Waals surface area contributed by atoms with Gasteiger partial charge in [0.2, 0.25) is 0 Å². The average molecular weight is 274 g/mol. The first-order valence-corrected chi connectivity index (χ1v) is 7.84. The quantitative estimate of drug-likeness (QED) is 0.843. The number of nitrogen functional groups attached to an aromatic ring is 1. The van der Waals surface area contributed by atoms with Crippen molar-refractivity contribution in [2.24, 2.45) is 0 Å². The molecule has 1 fully saturated rings. The first-order chi connectivity index (χ1) is 9.26. The summed E-state index contributed by atoms with van der Waals surface area (Å²) in [6.45, 7) is 0. The molecule has 2 atom stereocenters. The van der Waals surface area contributed by atoms with Gasteiger partial charge in [0.15, 0.2) is 0 Å². The van der Waals surface area contributed by atoms with Gasteiger partial charge in [0, 0.05) is 22.4 Å². The van der Waals surface area contributed by atoms with E-state index in [-0.39, 0.29) is 0 Å². The van der Waals surface area contributed by atoms with Crippen LogP contribution in [0.25, 0.3) is 10.9 Å². The van der Waals surface area contributed by atoms with Crippen LogP contribution in [0.5, 0.6) is 0 Å². The summed E-state index contributed by atoms with van der Waals surface area (Å²) in [5.74, 6) is 0.907. The van der Waals surface area contributed by atoms with Crippen LogP contribution in [-0.4, -0.2) is 27.5 Å². The van der Waals surface area contributed by atoms with Crippen molar-refractivity contribution in [1.29, 1.82) is 0 Å². The third-order valence-electron chi connectivity index (χ3n) is 3.72. The number of aromatic nitrogens is 2. The molecule has 1 aromatic carbocycles. The smallest absolute Gasteiger partial charge is 0.137 e. The lowest BCUT2D eigenvalue weighted by molar-refractivity contribution is 0.753. The number of rotatable bonds is 3. The minimum atomic E-state index is 0.511. The predicted molar refractivity (Wildman–Crippen MR) is 82.5 cm³/mol. The number of benzene rings is 1. The van der Waals surface area contributed by atoms with Crippen LogP contribution in [0, 0.1) is 0 Å². The molecule has 0 spiro atoms. The van der Waals surface area contributed by atoms with Crippen LogP contribution in [-0.2, 0) is 0 Å². The van der Waals surface area contributed by atoms with Crippen LogP contribution in [0.4, 0.5) is 11.5 Å². The molecule has 0 aliphatic heterocycles. The SMILES string of the molecule is CSC1CCC(Nc2ncnc3ccc(N)cc23)C1. The summed E-state index contributed by atoms with van der Waals surface area (Å²) in [6.07, 6.45) is 7.49. The molecule has 0 saturated heterocycles. The molecule has 2 unspecified atom stereocenters. The van der Waals surface area contributed by atoms with E-state index in [9.17, 15) is 0 Å². The van der Waals surface area contributed by atoms with Crippen LogP contribution in [0.3, 0.4) is 0 Å². The minimum Gasteiger partial charge on any atom is -0.399 e. The van der Waals surface area contributed by atoms with Crippen molar-refractivity contribution in [3.05, 3.63) is 24.5 Å². The molecule has 3 rings (SSSR count). The van der Waals surface area contributed by atoms with Crippen LogP contribution in [0.2, 0.25) is 0 Å². The van der Waals surface area contributed by atoms with Gasteiger partial charge in [-0.25, -0.2) is 9.97 Å². The van der Waals surface area contributed by atoms with Gasteiger partial charge in [0.1, 0.15) is 12.1 Å². The van der Waals surface area contributed by atoms with E-state index in [4.69, 9.17) is 5.73 Å². The molecule has 1 heterocycles. The number of anilines is 2. The van der Waals surface area contributed by atoms with Crippen molar-refractivity contribution in [2.75, 3.05) is 17.3 Å². The number of nitrogens with two attached hydrogens (primary N) is 1. The Hall–Kier alpha value is -1.49. The normalized spacial score (nSPS) is 22.8. The molecular formula is C14H18N4S. The highest BCUT2D eigenvalue weighted by atomic mass is 32.2. The molecule has 1 aliphatic carbocycles. The summed E-state index contributed by atoms with van der Waals surface area (Å²) in [4.78, 5) is 8.66. The van der Waals surface area contributed by atoms with Gasteiger partial charge in [-0.2, -0.15) is 11.8 Å². The lowest BCUT2D eigenvalue weighted by atomic mass is 10.2. The highest BCUT2D eigenvalue weighted by Gasteiger charge is 2.24. The molecule has 19 heavy (non-hydrogen) atoms. The number of hydrogen-bond donors (Lipinski definition) is 2. The van der Waals surface area contributed by atoms with Gasteiger partial charge < -0.3 is 11.1 Å². The monoisotopic (exact) mass is 274 g/mol. The first-order valence-electron chi connectivity index (χ1n) is 6.56. The number of nitrogens with one attached hydrogen (secondary N) is 1. The van der Waals surface area contributed by atoms with Crippen LogP contribution in [0.1, 0.15) is 19.3 Å². The number of hydrogen-bond acceptors (Lipinski definition) is 5. The third kappa shape index (κ3) is 2.61. The van der Waals surface area contributed by atoms with Crippen molar-refractivity contribution < 1.29 is 0 Å². The summed E-state index contributed by atoms with van der Waals surface area (Å²) < 4.78 is 0. The van der Waals surface area contributed by atoms with Gasteiger partial charge in [-0.3, -0.25) is 0 Å². The second kappa shape index (κ2) is 5.25. The lowest BCUT2D eigenvalue weighted by Crippen LogP contribution is -2.17. The zero-order valence-electron chi connectivity index (χ0n) is 11.0. The molecule has 2 aromatic rings. The fourth-order valence-electron chi connectivity index (χ4n) is 2.67. The predicted octanol–water partition coefficient (Wildman–Crippen LogP) is 2.91. The molecule has 100 valence electrons. The van der Waals surface area contributed by atoms with Crippen LogP contribution >= 0.6 is 11.8 Å². The summed E-state index contributed by atoms with van der Waals surface area (Å²) >= 11 is 1.96. The molecule has 0 bridgehead atoms. The molecule has 0 amide bonds. The van der Waals surface area contributed by atoms with E-state index in [1.54, 1.807) is 6.33 Å². The van der Waals surface area contributed by atoms with E-state index in [1.807, 2.05) is 30.0 Å². The molecule has 1 aromatic heterocycles. The van der Waals surface area contributed by atoms with E-state index < -0.39 is 0 Å². The maximum absolute atomic E-state index is 5.86. The number of fused-ring (bicyclic) bond motifs is 1. The van der Waals surface area contributed by atoms with E-state index in [0.29, 0.717) is 6.04 Å². The zero-order valence-corrected chi connectivity index (χ0v) is 11.8. The number of nitrogens with zero attached hydrogens (tertiary/aromatic N) is 2. The van der Waals surface area contributed by atoms with Gasteiger partial charge in [0.25, 0.3) is 0 Å². The van der Waals surface area contributed by atoms with E-state index in [2.05, 4.69) is 21.5 Å². The Morgan fingerprint density at radius 3 is 3.00 bits per heavy atom. The highest BCUT2D eigenvalue weighted by molar-refractivity contribution is 7.99. The average Bonchev–Trinajstić information content (AvgIpc) is 2.87. The summed E-state index contributed by atoms with van der Waals surface area (Å²) in [7, 11) is 0. The van der Waals surface area contributed by atoms with Crippen molar-refractivity contribution in [2.45, 2.75) is 30.6 Å².